The number of carboxylic acid groups (broad SMARTS) is 1. The molecule has 0 atom stereocenters. The van der Waals surface area contributed by atoms with Gasteiger partial charge in [-0.15, -0.1) is 11.3 Å². The Kier molecular flexibility index (Phi) is 4.84. The van der Waals surface area contributed by atoms with Crippen LogP contribution in [0.3, 0.4) is 0 Å². The number of nitrogens with one attached hydrogen (secondary N) is 1. The van der Waals surface area contributed by atoms with Crippen molar-refractivity contribution in [3.8, 4) is 0 Å². The lowest BCUT2D eigenvalue weighted by Gasteiger charge is -2.11. The van der Waals surface area contributed by atoms with Gasteiger partial charge in [0.25, 0.3) is 5.91 Å². The molecule has 1 aliphatic carbocycles. The van der Waals surface area contributed by atoms with Gasteiger partial charge in [0.1, 0.15) is 11.5 Å². The number of rotatable bonds is 5. The molecule has 0 bridgehead atoms. The maximum absolute atomic E-state index is 12.4. The van der Waals surface area contributed by atoms with Gasteiger partial charge in [-0.05, 0) is 37.3 Å². The molecule has 0 saturated heterocycles. The minimum Gasteiger partial charge on any atom is -0.480 e. The summed E-state index contributed by atoms with van der Waals surface area (Å²) < 4.78 is 6.03. The van der Waals surface area contributed by atoms with E-state index in [1.165, 1.54) is 30.7 Å². The third-order valence-corrected chi connectivity index (χ3v) is 5.17. The largest absolute Gasteiger partial charge is 0.480 e. The van der Waals surface area contributed by atoms with Crippen molar-refractivity contribution in [1.29, 1.82) is 0 Å². The highest BCUT2D eigenvalue weighted by Gasteiger charge is 2.27. The zero-order valence-corrected chi connectivity index (χ0v) is 14.4. The highest BCUT2D eigenvalue weighted by atomic mass is 32.1. The maximum Gasteiger partial charge on any atom is 0.341 e. The van der Waals surface area contributed by atoms with E-state index in [2.05, 4.69) is 10.4 Å². The highest BCUT2D eigenvalue weighted by Crippen LogP contribution is 2.38. The number of amides is 1. The minimum absolute atomic E-state index is 0.0865. The van der Waals surface area contributed by atoms with E-state index in [1.807, 2.05) is 0 Å². The zero-order chi connectivity index (χ0) is 18.0. The molecule has 0 radical (unpaired) electrons. The van der Waals surface area contributed by atoms with E-state index in [4.69, 9.17) is 9.84 Å². The Balaban J connectivity index is 1.85. The van der Waals surface area contributed by atoms with Crippen molar-refractivity contribution in [3.05, 3.63) is 34.0 Å². The molecule has 132 valence electrons. The van der Waals surface area contributed by atoms with Gasteiger partial charge in [-0.1, -0.05) is 0 Å². The summed E-state index contributed by atoms with van der Waals surface area (Å²) in [6.45, 7) is -0.325. The smallest absolute Gasteiger partial charge is 0.341 e. The molecule has 0 fully saturated rings. The topological polar surface area (TPSA) is 111 Å². The molecule has 9 heteroatoms. The summed E-state index contributed by atoms with van der Waals surface area (Å²) >= 11 is 1.38. The Morgan fingerprint density at radius 3 is 2.84 bits per heavy atom. The second-order valence-corrected chi connectivity index (χ2v) is 6.76. The Morgan fingerprint density at radius 1 is 1.36 bits per heavy atom. The Labute approximate surface area is 147 Å². The first-order valence-electron chi connectivity index (χ1n) is 7.79. The lowest BCUT2D eigenvalue weighted by molar-refractivity contribution is -0.137. The monoisotopic (exact) mass is 363 g/mol. The molecule has 2 N–H and O–H groups in total. The first kappa shape index (κ1) is 17.2. The molecule has 0 spiro atoms. The fourth-order valence-electron chi connectivity index (χ4n) is 2.85. The fraction of sp³-hybridized carbons (Fsp3) is 0.375. The summed E-state index contributed by atoms with van der Waals surface area (Å²) in [6.07, 6.45) is 5.15. The van der Waals surface area contributed by atoms with Crippen molar-refractivity contribution in [2.75, 3.05) is 12.4 Å². The number of carbonyl (C=O) groups is 3. The molecule has 2 heterocycles. The van der Waals surface area contributed by atoms with Crippen LogP contribution in [0.4, 0.5) is 5.00 Å². The number of ether oxygens (including phenoxy) is 1. The highest BCUT2D eigenvalue weighted by molar-refractivity contribution is 7.17. The number of fused-ring (bicyclic) bond motifs is 1. The minimum atomic E-state index is -1.05. The number of aromatic nitrogens is 2. The van der Waals surface area contributed by atoms with Crippen LogP contribution in [0.2, 0.25) is 0 Å². The molecule has 3 rings (SSSR count). The van der Waals surface area contributed by atoms with Crippen LogP contribution in [0.5, 0.6) is 0 Å². The number of carboxylic acids is 1. The van der Waals surface area contributed by atoms with Gasteiger partial charge in [0.2, 0.25) is 0 Å². The van der Waals surface area contributed by atoms with E-state index in [1.54, 1.807) is 0 Å². The number of hydrogen-bond donors (Lipinski definition) is 2. The van der Waals surface area contributed by atoms with E-state index in [9.17, 15) is 14.4 Å². The van der Waals surface area contributed by atoms with Crippen LogP contribution >= 0.6 is 11.3 Å². The summed E-state index contributed by atoms with van der Waals surface area (Å²) in [7, 11) is 1.31. The van der Waals surface area contributed by atoms with Crippen LogP contribution in [0, 0.1) is 0 Å². The van der Waals surface area contributed by atoms with E-state index in [-0.39, 0.29) is 12.2 Å². The molecule has 0 saturated carbocycles. The molecule has 2 aromatic heterocycles. The fourth-order valence-corrected chi connectivity index (χ4v) is 4.12. The number of aryl methyl sites for hydroxylation is 1. The SMILES string of the molecule is COC(=O)c1c(NC(=O)c2ccn(CC(=O)O)n2)sc2c1CCCC2. The second kappa shape index (κ2) is 7.06. The van der Waals surface area contributed by atoms with Gasteiger partial charge in [0.15, 0.2) is 5.69 Å². The molecule has 25 heavy (non-hydrogen) atoms. The summed E-state index contributed by atoms with van der Waals surface area (Å²) in [5.41, 5.74) is 1.46. The summed E-state index contributed by atoms with van der Waals surface area (Å²) in [5.74, 6) is -2.01. The predicted molar refractivity (Wildman–Crippen MR) is 90.1 cm³/mol. The third-order valence-electron chi connectivity index (χ3n) is 3.96. The molecule has 1 amide bonds. The van der Waals surface area contributed by atoms with E-state index < -0.39 is 17.8 Å². The number of thiophene rings is 1. The normalized spacial score (nSPS) is 13.2. The third kappa shape index (κ3) is 3.55. The number of nitrogens with zero attached hydrogens (tertiary/aromatic N) is 2. The molecule has 8 nitrogen and oxygen atoms in total. The lowest BCUT2D eigenvalue weighted by Crippen LogP contribution is -2.16. The van der Waals surface area contributed by atoms with E-state index in [0.717, 1.165) is 40.8 Å². The van der Waals surface area contributed by atoms with Crippen molar-refractivity contribution in [1.82, 2.24) is 9.78 Å². The van der Waals surface area contributed by atoms with Gasteiger partial charge in [0.05, 0.1) is 12.7 Å². The standard InChI is InChI=1S/C16H17N3O5S/c1-24-16(23)13-9-4-2-3-5-11(9)25-15(13)17-14(22)10-6-7-19(18-10)8-12(20)21/h6-7H,2-5,8H2,1H3,(H,17,22)(H,20,21). The maximum atomic E-state index is 12.4. The first-order chi connectivity index (χ1) is 12.0. The average molecular weight is 363 g/mol. The zero-order valence-electron chi connectivity index (χ0n) is 13.6. The Hall–Kier alpha value is -2.68. The van der Waals surface area contributed by atoms with Crippen LogP contribution in [0.25, 0.3) is 0 Å². The number of esters is 1. The average Bonchev–Trinajstić information content (AvgIpc) is 3.17. The molecule has 2 aromatic rings. The second-order valence-electron chi connectivity index (χ2n) is 5.65. The van der Waals surface area contributed by atoms with Gasteiger partial charge in [-0.25, -0.2) is 4.79 Å². The van der Waals surface area contributed by atoms with Crippen molar-refractivity contribution >= 4 is 34.2 Å². The molecule has 1 aliphatic rings. The van der Waals surface area contributed by atoms with E-state index >= 15 is 0 Å². The van der Waals surface area contributed by atoms with Crippen molar-refractivity contribution in [3.63, 3.8) is 0 Å². The van der Waals surface area contributed by atoms with Crippen LogP contribution in [-0.2, 0) is 28.9 Å². The number of hydrogen-bond acceptors (Lipinski definition) is 6. The Morgan fingerprint density at radius 2 is 2.12 bits per heavy atom. The molecule has 0 unspecified atom stereocenters. The molecular formula is C16H17N3O5S. The van der Waals surface area contributed by atoms with Crippen molar-refractivity contribution < 1.29 is 24.2 Å². The van der Waals surface area contributed by atoms with Crippen LogP contribution in [0.15, 0.2) is 12.3 Å². The van der Waals surface area contributed by atoms with Crippen LogP contribution < -0.4 is 5.32 Å². The summed E-state index contributed by atoms with van der Waals surface area (Å²) in [6, 6.07) is 1.43. The van der Waals surface area contributed by atoms with Gasteiger partial charge in [-0.3, -0.25) is 14.3 Å². The number of aliphatic carboxylic acids is 1. The van der Waals surface area contributed by atoms with Crippen molar-refractivity contribution in [2.24, 2.45) is 0 Å². The number of carbonyl (C=O) groups excluding carboxylic acids is 2. The van der Waals surface area contributed by atoms with Gasteiger partial charge in [0, 0.05) is 11.1 Å². The Bertz CT molecular complexity index is 839. The van der Waals surface area contributed by atoms with Crippen LogP contribution in [0.1, 0.15) is 44.1 Å². The van der Waals surface area contributed by atoms with Gasteiger partial charge >= 0.3 is 11.9 Å². The number of methoxy groups -OCH3 is 1. The molecule has 0 aromatic carbocycles. The van der Waals surface area contributed by atoms with E-state index in [0.29, 0.717) is 10.6 Å². The van der Waals surface area contributed by atoms with Crippen LogP contribution in [-0.4, -0.2) is 39.8 Å². The summed E-state index contributed by atoms with van der Waals surface area (Å²) in [4.78, 5) is 36.4. The van der Waals surface area contributed by atoms with Crippen molar-refractivity contribution in [2.45, 2.75) is 32.2 Å². The lowest BCUT2D eigenvalue weighted by atomic mass is 9.95. The molecule has 0 aliphatic heterocycles. The van der Waals surface area contributed by atoms with Gasteiger partial charge < -0.3 is 15.2 Å². The van der Waals surface area contributed by atoms with Gasteiger partial charge in [-0.2, -0.15) is 5.10 Å². The first-order valence-corrected chi connectivity index (χ1v) is 8.60. The summed E-state index contributed by atoms with van der Waals surface area (Å²) in [5, 5.41) is 15.9. The predicted octanol–water partition coefficient (Wildman–Crippen LogP) is 1.95. The molecular weight excluding hydrogens is 346 g/mol. The number of anilines is 1. The quantitative estimate of drug-likeness (QED) is 0.786.